The standard InChI is InChI=1S/C7H13N.C6H14O.C2H6/c1-6-2-7(3-6)4-8-5-7;1-5-7-6(2,3)4;1-2/h6,8H,2-5H2,1H3;5H2,1-4H3;1-2H3. The quantitative estimate of drug-likeness (QED) is 0.755. The first-order valence-corrected chi connectivity index (χ1v) is 7.22. The summed E-state index contributed by atoms with van der Waals surface area (Å²) >= 11 is 0. The molecule has 2 rings (SSSR count). The maximum absolute atomic E-state index is 5.23. The number of nitrogens with one attached hydrogen (secondary N) is 1. The minimum absolute atomic E-state index is 0.0503. The monoisotopic (exact) mass is 243 g/mol. The lowest BCUT2D eigenvalue weighted by Crippen LogP contribution is -2.59. The first-order chi connectivity index (χ1) is 7.87. The van der Waals surface area contributed by atoms with Gasteiger partial charge in [-0.05, 0) is 51.9 Å². The van der Waals surface area contributed by atoms with Crippen molar-refractivity contribution >= 4 is 0 Å². The van der Waals surface area contributed by atoms with Gasteiger partial charge in [-0.2, -0.15) is 0 Å². The molecule has 0 bridgehead atoms. The first kappa shape index (κ1) is 16.9. The van der Waals surface area contributed by atoms with Crippen molar-refractivity contribution in [1.29, 1.82) is 0 Å². The summed E-state index contributed by atoms with van der Waals surface area (Å²) in [6, 6.07) is 0. The van der Waals surface area contributed by atoms with Crippen LogP contribution in [-0.4, -0.2) is 25.3 Å². The Morgan fingerprint density at radius 2 is 1.65 bits per heavy atom. The Labute approximate surface area is 109 Å². The van der Waals surface area contributed by atoms with Gasteiger partial charge in [0, 0.05) is 19.7 Å². The van der Waals surface area contributed by atoms with Crippen molar-refractivity contribution in [2.45, 2.75) is 66.9 Å². The summed E-state index contributed by atoms with van der Waals surface area (Å²) in [5, 5.41) is 3.32. The molecule has 0 aromatic rings. The van der Waals surface area contributed by atoms with Gasteiger partial charge >= 0.3 is 0 Å². The molecular formula is C15H33NO. The third-order valence-corrected chi connectivity index (χ3v) is 3.14. The Morgan fingerprint density at radius 3 is 1.71 bits per heavy atom. The smallest absolute Gasteiger partial charge is 0.0598 e. The highest BCUT2D eigenvalue weighted by Gasteiger charge is 2.46. The molecule has 2 heteroatoms. The zero-order chi connectivity index (χ0) is 13.5. The molecule has 2 nitrogen and oxygen atoms in total. The molecule has 1 aliphatic carbocycles. The third-order valence-electron chi connectivity index (χ3n) is 3.14. The van der Waals surface area contributed by atoms with E-state index in [1.54, 1.807) is 0 Å². The van der Waals surface area contributed by atoms with E-state index >= 15 is 0 Å². The molecule has 1 N–H and O–H groups in total. The van der Waals surface area contributed by atoms with Crippen molar-refractivity contribution in [1.82, 2.24) is 5.32 Å². The number of ether oxygens (including phenoxy) is 1. The fourth-order valence-electron chi connectivity index (χ4n) is 2.62. The molecule has 2 aliphatic rings. The largest absolute Gasteiger partial charge is 0.376 e. The fraction of sp³-hybridized carbons (Fsp3) is 1.00. The van der Waals surface area contributed by atoms with E-state index in [0.717, 1.165) is 17.9 Å². The van der Waals surface area contributed by atoms with Crippen molar-refractivity contribution < 1.29 is 4.74 Å². The molecule has 1 saturated heterocycles. The summed E-state index contributed by atoms with van der Waals surface area (Å²) in [5.74, 6) is 1.03. The Morgan fingerprint density at radius 1 is 1.18 bits per heavy atom. The molecule has 0 amide bonds. The van der Waals surface area contributed by atoms with Crippen LogP contribution in [0, 0.1) is 11.3 Å². The van der Waals surface area contributed by atoms with Gasteiger partial charge in [0.2, 0.25) is 0 Å². The fourth-order valence-corrected chi connectivity index (χ4v) is 2.62. The van der Waals surface area contributed by atoms with Gasteiger partial charge in [-0.3, -0.25) is 0 Å². The Kier molecular flexibility index (Phi) is 7.34. The highest BCUT2D eigenvalue weighted by Crippen LogP contribution is 2.47. The summed E-state index contributed by atoms with van der Waals surface area (Å²) in [6.45, 7) is 17.9. The lowest BCUT2D eigenvalue weighted by atomic mass is 9.59. The van der Waals surface area contributed by atoms with Gasteiger partial charge in [-0.15, -0.1) is 0 Å². The summed E-state index contributed by atoms with van der Waals surface area (Å²) in [6.07, 6.45) is 2.97. The van der Waals surface area contributed by atoms with Gasteiger partial charge in [-0.1, -0.05) is 20.8 Å². The zero-order valence-electron chi connectivity index (χ0n) is 13.0. The maximum atomic E-state index is 5.23. The van der Waals surface area contributed by atoms with E-state index in [1.807, 2.05) is 20.8 Å². The second kappa shape index (κ2) is 7.38. The molecule has 1 saturated carbocycles. The van der Waals surface area contributed by atoms with E-state index in [4.69, 9.17) is 4.74 Å². The molecule has 1 aliphatic heterocycles. The lowest BCUT2D eigenvalue weighted by Gasteiger charge is -2.53. The van der Waals surface area contributed by atoms with Crippen LogP contribution < -0.4 is 5.32 Å². The van der Waals surface area contributed by atoms with Gasteiger partial charge in [0.15, 0.2) is 0 Å². The number of rotatable bonds is 1. The second-order valence-electron chi connectivity index (χ2n) is 6.16. The molecule has 2 fully saturated rings. The van der Waals surface area contributed by atoms with Crippen molar-refractivity contribution in [3.05, 3.63) is 0 Å². The number of hydrogen-bond donors (Lipinski definition) is 1. The van der Waals surface area contributed by atoms with Gasteiger partial charge in [0.1, 0.15) is 0 Å². The molecule has 0 radical (unpaired) electrons. The Bertz CT molecular complexity index is 184. The van der Waals surface area contributed by atoms with Crippen LogP contribution in [0.1, 0.15) is 61.3 Å². The number of hydrogen-bond acceptors (Lipinski definition) is 2. The zero-order valence-corrected chi connectivity index (χ0v) is 13.0. The highest BCUT2D eigenvalue weighted by molar-refractivity contribution is 5.00. The van der Waals surface area contributed by atoms with Crippen LogP contribution in [0.15, 0.2) is 0 Å². The van der Waals surface area contributed by atoms with Crippen LogP contribution in [0.2, 0.25) is 0 Å². The van der Waals surface area contributed by atoms with E-state index in [2.05, 4.69) is 33.0 Å². The van der Waals surface area contributed by atoms with Gasteiger partial charge in [-0.25, -0.2) is 0 Å². The molecule has 1 heterocycles. The van der Waals surface area contributed by atoms with E-state index in [0.29, 0.717) is 0 Å². The third kappa shape index (κ3) is 6.42. The summed E-state index contributed by atoms with van der Waals surface area (Å²) in [4.78, 5) is 0. The molecule has 1 spiro atoms. The maximum Gasteiger partial charge on any atom is 0.0598 e. The molecule has 0 aromatic carbocycles. The second-order valence-corrected chi connectivity index (χ2v) is 6.16. The van der Waals surface area contributed by atoms with Crippen LogP contribution in [0.4, 0.5) is 0 Å². The Hall–Kier alpha value is -0.0800. The molecule has 0 atom stereocenters. The van der Waals surface area contributed by atoms with Crippen molar-refractivity contribution in [3.63, 3.8) is 0 Å². The average Bonchev–Trinajstić information content (AvgIpc) is 2.12. The van der Waals surface area contributed by atoms with Crippen molar-refractivity contribution in [2.75, 3.05) is 19.7 Å². The Balaban J connectivity index is 0.000000267. The molecule has 104 valence electrons. The van der Waals surface area contributed by atoms with Crippen molar-refractivity contribution in [2.24, 2.45) is 11.3 Å². The normalized spacial score (nSPS) is 21.4. The minimum Gasteiger partial charge on any atom is -0.376 e. The van der Waals surface area contributed by atoms with Crippen molar-refractivity contribution in [3.8, 4) is 0 Å². The molecule has 17 heavy (non-hydrogen) atoms. The van der Waals surface area contributed by atoms with E-state index in [1.165, 1.54) is 25.9 Å². The SMILES string of the molecule is CC.CC1CC2(CNC2)C1.CCOC(C)(C)C. The molecule has 0 unspecified atom stereocenters. The minimum atomic E-state index is 0.0503. The van der Waals surface area contributed by atoms with Crippen LogP contribution in [0.5, 0.6) is 0 Å². The predicted molar refractivity (Wildman–Crippen MR) is 76.4 cm³/mol. The molecule has 0 aromatic heterocycles. The summed E-state index contributed by atoms with van der Waals surface area (Å²) in [7, 11) is 0. The van der Waals surface area contributed by atoms with E-state index < -0.39 is 0 Å². The van der Waals surface area contributed by atoms with E-state index in [-0.39, 0.29) is 5.60 Å². The van der Waals surface area contributed by atoms with Gasteiger partial charge < -0.3 is 10.1 Å². The van der Waals surface area contributed by atoms with E-state index in [9.17, 15) is 0 Å². The van der Waals surface area contributed by atoms with Crippen LogP contribution >= 0.6 is 0 Å². The van der Waals surface area contributed by atoms with Gasteiger partial charge in [0.25, 0.3) is 0 Å². The summed E-state index contributed by atoms with van der Waals surface area (Å²) < 4.78 is 5.23. The highest BCUT2D eigenvalue weighted by atomic mass is 16.5. The first-order valence-electron chi connectivity index (χ1n) is 7.22. The average molecular weight is 243 g/mol. The van der Waals surface area contributed by atoms with Crippen LogP contribution in [0.25, 0.3) is 0 Å². The molecular weight excluding hydrogens is 210 g/mol. The van der Waals surface area contributed by atoms with Gasteiger partial charge in [0.05, 0.1) is 5.60 Å². The topological polar surface area (TPSA) is 21.3 Å². The lowest BCUT2D eigenvalue weighted by molar-refractivity contribution is 0.00531. The van der Waals surface area contributed by atoms with Crippen LogP contribution in [-0.2, 0) is 4.74 Å². The van der Waals surface area contributed by atoms with Crippen LogP contribution in [0.3, 0.4) is 0 Å². The predicted octanol–water partition coefficient (Wildman–Crippen LogP) is 3.85. The summed E-state index contributed by atoms with van der Waals surface area (Å²) in [5.41, 5.74) is 0.855.